The van der Waals surface area contributed by atoms with Gasteiger partial charge < -0.3 is 19.7 Å². The smallest absolute Gasteiger partial charge is 0.387 e. The van der Waals surface area contributed by atoms with Gasteiger partial charge in [-0.2, -0.15) is 8.78 Å². The number of nitrogens with zero attached hydrogens (tertiary/aromatic N) is 1. The van der Waals surface area contributed by atoms with Gasteiger partial charge >= 0.3 is 6.61 Å². The van der Waals surface area contributed by atoms with Crippen molar-refractivity contribution in [3.05, 3.63) is 59.2 Å². The molecule has 154 valence electrons. The summed E-state index contributed by atoms with van der Waals surface area (Å²) in [5.41, 5.74) is 1.76. The van der Waals surface area contributed by atoms with Crippen LogP contribution in [0.5, 0.6) is 11.5 Å². The summed E-state index contributed by atoms with van der Waals surface area (Å²) in [7, 11) is 2.89. The van der Waals surface area contributed by atoms with Crippen LogP contribution < -0.4 is 14.8 Å². The van der Waals surface area contributed by atoms with Crippen LogP contribution in [-0.2, 0) is 6.54 Å². The molecule has 0 aromatic heterocycles. The lowest BCUT2D eigenvalue weighted by atomic mass is 10.1. The Balaban J connectivity index is 1.79. The molecule has 0 radical (unpaired) electrons. The second kappa shape index (κ2) is 8.89. The summed E-state index contributed by atoms with van der Waals surface area (Å²) in [6.07, 6.45) is 1.82. The average molecular weight is 404 g/mol. The van der Waals surface area contributed by atoms with Gasteiger partial charge in [0.2, 0.25) is 0 Å². The highest BCUT2D eigenvalue weighted by Crippen LogP contribution is 2.33. The van der Waals surface area contributed by atoms with Crippen molar-refractivity contribution in [1.29, 1.82) is 0 Å². The zero-order chi connectivity index (χ0) is 21.0. The van der Waals surface area contributed by atoms with E-state index in [0.29, 0.717) is 17.7 Å². The highest BCUT2D eigenvalue weighted by molar-refractivity contribution is 5.95. The highest BCUT2D eigenvalue weighted by Gasteiger charge is 2.33. The van der Waals surface area contributed by atoms with Crippen LogP contribution in [0.3, 0.4) is 0 Å². The molecule has 2 amide bonds. The summed E-state index contributed by atoms with van der Waals surface area (Å²) >= 11 is 0. The summed E-state index contributed by atoms with van der Waals surface area (Å²) in [6, 6.07) is 11.3. The van der Waals surface area contributed by atoms with Crippen LogP contribution in [0.25, 0.3) is 0 Å². The summed E-state index contributed by atoms with van der Waals surface area (Å²) in [4.78, 5) is 26.5. The molecule has 1 fully saturated rings. The molecule has 1 aliphatic rings. The van der Waals surface area contributed by atoms with Crippen LogP contribution in [0, 0.1) is 0 Å². The van der Waals surface area contributed by atoms with Crippen molar-refractivity contribution in [2.45, 2.75) is 32.0 Å². The van der Waals surface area contributed by atoms with Crippen LogP contribution in [0.15, 0.2) is 42.5 Å². The van der Waals surface area contributed by atoms with Gasteiger partial charge in [-0.15, -0.1) is 0 Å². The molecule has 0 heterocycles. The Morgan fingerprint density at radius 2 is 1.76 bits per heavy atom. The maximum atomic E-state index is 13.1. The molecule has 0 spiro atoms. The fourth-order valence-electron chi connectivity index (χ4n) is 3.02. The van der Waals surface area contributed by atoms with Crippen molar-refractivity contribution >= 4 is 11.8 Å². The lowest BCUT2D eigenvalue weighted by Crippen LogP contribution is -2.32. The van der Waals surface area contributed by atoms with Crippen molar-refractivity contribution < 1.29 is 27.8 Å². The first-order valence-corrected chi connectivity index (χ1v) is 9.17. The number of halogens is 2. The molecule has 3 rings (SSSR count). The molecule has 0 aliphatic heterocycles. The average Bonchev–Trinajstić information content (AvgIpc) is 3.56. The summed E-state index contributed by atoms with van der Waals surface area (Å²) in [5, 5.41) is 2.56. The number of alkyl halides is 2. The second-order valence-electron chi connectivity index (χ2n) is 6.68. The number of amides is 2. The molecule has 29 heavy (non-hydrogen) atoms. The number of hydrogen-bond donors (Lipinski definition) is 1. The molecular formula is C21H22F2N2O4. The molecule has 6 nitrogen and oxygen atoms in total. The molecule has 2 aromatic carbocycles. The van der Waals surface area contributed by atoms with E-state index in [2.05, 4.69) is 10.1 Å². The third kappa shape index (κ3) is 5.01. The molecule has 0 atom stereocenters. The highest BCUT2D eigenvalue weighted by atomic mass is 19.3. The zero-order valence-corrected chi connectivity index (χ0v) is 16.2. The van der Waals surface area contributed by atoms with Gasteiger partial charge in [0.25, 0.3) is 11.8 Å². The van der Waals surface area contributed by atoms with E-state index in [-0.39, 0.29) is 29.4 Å². The summed E-state index contributed by atoms with van der Waals surface area (Å²) in [6.45, 7) is -2.60. The van der Waals surface area contributed by atoms with Crippen LogP contribution in [-0.4, -0.2) is 43.5 Å². The largest absolute Gasteiger partial charge is 0.493 e. The van der Waals surface area contributed by atoms with E-state index in [1.807, 2.05) is 12.1 Å². The molecule has 8 heteroatoms. The molecule has 1 aliphatic carbocycles. The fourth-order valence-corrected chi connectivity index (χ4v) is 3.02. The van der Waals surface area contributed by atoms with Gasteiger partial charge in [-0.05, 0) is 48.7 Å². The van der Waals surface area contributed by atoms with Crippen LogP contribution >= 0.6 is 0 Å². The molecule has 0 bridgehead atoms. The van der Waals surface area contributed by atoms with Crippen molar-refractivity contribution in [3.63, 3.8) is 0 Å². The topological polar surface area (TPSA) is 67.9 Å². The van der Waals surface area contributed by atoms with E-state index < -0.39 is 6.61 Å². The van der Waals surface area contributed by atoms with Crippen LogP contribution in [0.4, 0.5) is 8.78 Å². The van der Waals surface area contributed by atoms with Gasteiger partial charge in [-0.1, -0.05) is 12.1 Å². The molecule has 2 aromatic rings. The molecule has 1 N–H and O–H groups in total. The first-order chi connectivity index (χ1) is 13.9. The van der Waals surface area contributed by atoms with E-state index in [1.165, 1.54) is 25.3 Å². The normalized spacial score (nSPS) is 13.1. The Morgan fingerprint density at radius 3 is 2.31 bits per heavy atom. The lowest BCUT2D eigenvalue weighted by Gasteiger charge is -2.23. The zero-order valence-electron chi connectivity index (χ0n) is 16.2. The lowest BCUT2D eigenvalue weighted by molar-refractivity contribution is -0.0512. The molecule has 1 saturated carbocycles. The molecule has 0 unspecified atom stereocenters. The number of ether oxygens (including phenoxy) is 2. The van der Waals surface area contributed by atoms with Gasteiger partial charge in [0.05, 0.1) is 7.11 Å². The maximum absolute atomic E-state index is 13.1. The number of nitrogens with one attached hydrogen (secondary N) is 1. The van der Waals surface area contributed by atoms with Gasteiger partial charge in [0, 0.05) is 30.8 Å². The standard InChI is InChI=1S/C21H22F2N2O4/c1-24-19(26)14-5-3-13(4-6-14)12-25(16-8-9-16)20(27)15-7-10-17(29-21(22)23)18(11-15)28-2/h3-7,10-11,16,21H,8-9,12H2,1-2H3,(H,24,26). The van der Waals surface area contributed by atoms with E-state index in [4.69, 9.17) is 4.74 Å². The number of rotatable bonds is 8. The van der Waals surface area contributed by atoms with Crippen LogP contribution in [0.1, 0.15) is 39.1 Å². The molecule has 0 saturated heterocycles. The van der Waals surface area contributed by atoms with Gasteiger partial charge in [0.15, 0.2) is 11.5 Å². The number of carbonyl (C=O) groups excluding carboxylic acids is 2. The Bertz CT molecular complexity index is 883. The van der Waals surface area contributed by atoms with Crippen molar-refractivity contribution in [2.24, 2.45) is 0 Å². The Hall–Kier alpha value is -3.16. The minimum Gasteiger partial charge on any atom is -0.493 e. The predicted octanol–water partition coefficient (Wildman–Crippen LogP) is 3.46. The number of hydrogen-bond acceptors (Lipinski definition) is 4. The fraction of sp³-hybridized carbons (Fsp3) is 0.333. The monoisotopic (exact) mass is 404 g/mol. The summed E-state index contributed by atoms with van der Waals surface area (Å²) in [5.74, 6) is -0.446. The number of carbonyl (C=O) groups is 2. The van der Waals surface area contributed by atoms with E-state index >= 15 is 0 Å². The quantitative estimate of drug-likeness (QED) is 0.732. The van der Waals surface area contributed by atoms with Crippen molar-refractivity contribution in [1.82, 2.24) is 10.2 Å². The van der Waals surface area contributed by atoms with E-state index in [1.54, 1.807) is 24.1 Å². The second-order valence-corrected chi connectivity index (χ2v) is 6.68. The van der Waals surface area contributed by atoms with Crippen molar-refractivity contribution in [3.8, 4) is 11.5 Å². The van der Waals surface area contributed by atoms with E-state index in [0.717, 1.165) is 18.4 Å². The van der Waals surface area contributed by atoms with E-state index in [9.17, 15) is 18.4 Å². The van der Waals surface area contributed by atoms with Gasteiger partial charge in [-0.25, -0.2) is 0 Å². The van der Waals surface area contributed by atoms with Gasteiger partial charge in [-0.3, -0.25) is 9.59 Å². The van der Waals surface area contributed by atoms with Crippen LogP contribution in [0.2, 0.25) is 0 Å². The summed E-state index contributed by atoms with van der Waals surface area (Å²) < 4.78 is 34.5. The minimum absolute atomic E-state index is 0.0711. The first kappa shape index (κ1) is 20.6. The predicted molar refractivity (Wildman–Crippen MR) is 102 cm³/mol. The number of benzene rings is 2. The maximum Gasteiger partial charge on any atom is 0.387 e. The third-order valence-electron chi connectivity index (χ3n) is 4.67. The Labute approximate surface area is 167 Å². The van der Waals surface area contributed by atoms with Crippen molar-refractivity contribution in [2.75, 3.05) is 14.2 Å². The Kier molecular flexibility index (Phi) is 6.31. The Morgan fingerprint density at radius 1 is 1.10 bits per heavy atom. The molecular weight excluding hydrogens is 382 g/mol. The number of methoxy groups -OCH3 is 1. The third-order valence-corrected chi connectivity index (χ3v) is 4.67. The SMILES string of the molecule is CNC(=O)c1ccc(CN(C(=O)c2ccc(OC(F)F)c(OC)c2)C2CC2)cc1. The first-order valence-electron chi connectivity index (χ1n) is 9.17. The van der Waals surface area contributed by atoms with Gasteiger partial charge in [0.1, 0.15) is 0 Å². The minimum atomic E-state index is -2.98.